The predicted octanol–water partition coefficient (Wildman–Crippen LogP) is 4.73. The molecule has 0 saturated carbocycles. The Morgan fingerprint density at radius 3 is 2.40 bits per heavy atom. The highest BCUT2D eigenvalue weighted by atomic mass is 35.5. The van der Waals surface area contributed by atoms with Gasteiger partial charge in [-0.05, 0) is 42.8 Å². The normalized spacial score (nSPS) is 16.6. The third-order valence-electron chi connectivity index (χ3n) is 6.12. The number of hydrogen-bond acceptors (Lipinski definition) is 7. The molecule has 3 aromatic rings. The highest BCUT2D eigenvalue weighted by molar-refractivity contribution is 6.30. The van der Waals surface area contributed by atoms with Gasteiger partial charge in [0, 0.05) is 55.1 Å². The summed E-state index contributed by atoms with van der Waals surface area (Å²) in [4.78, 5) is 17.5. The van der Waals surface area contributed by atoms with E-state index < -0.39 is 11.7 Å². The van der Waals surface area contributed by atoms with Crippen molar-refractivity contribution in [3.63, 3.8) is 0 Å². The number of pyridine rings is 1. The number of rotatable bonds is 4. The maximum atomic E-state index is 13.6. The molecule has 4 heterocycles. The summed E-state index contributed by atoms with van der Waals surface area (Å²) in [6.07, 6.45) is -2.14. The van der Waals surface area contributed by atoms with Crippen molar-refractivity contribution in [2.45, 2.75) is 19.0 Å². The summed E-state index contributed by atoms with van der Waals surface area (Å²) in [5.41, 5.74) is 1.80. The summed E-state index contributed by atoms with van der Waals surface area (Å²) < 4.78 is 46.4. The van der Waals surface area contributed by atoms with Crippen LogP contribution in [0, 0.1) is 0 Å². The first-order valence-electron chi connectivity index (χ1n) is 11.4. The summed E-state index contributed by atoms with van der Waals surface area (Å²) in [7, 11) is 0. The Hall–Kier alpha value is -3.11. The zero-order valence-corrected chi connectivity index (χ0v) is 19.6. The summed E-state index contributed by atoms with van der Waals surface area (Å²) in [6.45, 7) is 3.26. The number of fused-ring (bicyclic) bond motifs is 1. The Morgan fingerprint density at radius 2 is 1.66 bits per heavy atom. The first-order chi connectivity index (χ1) is 16.9. The van der Waals surface area contributed by atoms with Gasteiger partial charge in [-0.3, -0.25) is 0 Å². The van der Waals surface area contributed by atoms with Gasteiger partial charge in [0.25, 0.3) is 0 Å². The molecule has 0 aliphatic carbocycles. The number of aromatic nitrogens is 3. The van der Waals surface area contributed by atoms with Gasteiger partial charge in [0.2, 0.25) is 5.95 Å². The van der Waals surface area contributed by atoms with Gasteiger partial charge in [-0.1, -0.05) is 11.6 Å². The number of anilines is 4. The van der Waals surface area contributed by atoms with Crippen LogP contribution in [0.2, 0.25) is 5.02 Å². The number of nitrogens with zero attached hydrogens (tertiary/aromatic N) is 5. The number of benzene rings is 1. The molecule has 2 aliphatic rings. The molecule has 184 valence electrons. The maximum Gasteiger partial charge on any atom is 0.419 e. The number of ether oxygens (including phenoxy) is 1. The van der Waals surface area contributed by atoms with Gasteiger partial charge in [0.1, 0.15) is 11.6 Å². The van der Waals surface area contributed by atoms with Gasteiger partial charge in [0.15, 0.2) is 0 Å². The lowest BCUT2D eigenvalue weighted by atomic mass is 10.1. The standard InChI is InChI=1S/C24H24ClF3N6O/c25-16-3-5-17(6-4-16)30-21-18-7-10-33(22-19(24(26,27)28)2-1-9-29-22)11-8-20(18)31-23(32-21)34-12-14-35-15-13-34/h1-6,9H,7-8,10-15H2,(H,30,31,32). The molecule has 5 rings (SSSR count). The maximum absolute atomic E-state index is 13.6. The second-order valence-electron chi connectivity index (χ2n) is 8.39. The third kappa shape index (κ3) is 5.28. The van der Waals surface area contributed by atoms with Crippen molar-refractivity contribution in [3.05, 3.63) is 64.4 Å². The molecule has 0 spiro atoms. The van der Waals surface area contributed by atoms with E-state index in [4.69, 9.17) is 26.3 Å². The van der Waals surface area contributed by atoms with Gasteiger partial charge in [-0.25, -0.2) is 9.97 Å². The van der Waals surface area contributed by atoms with Gasteiger partial charge in [-0.15, -0.1) is 0 Å². The van der Waals surface area contributed by atoms with E-state index in [0.717, 1.165) is 23.0 Å². The van der Waals surface area contributed by atoms with Crippen LogP contribution in [0.15, 0.2) is 42.6 Å². The van der Waals surface area contributed by atoms with Crippen LogP contribution in [0.25, 0.3) is 0 Å². The molecule has 7 nitrogen and oxygen atoms in total. The van der Waals surface area contributed by atoms with E-state index in [-0.39, 0.29) is 5.82 Å². The Kier molecular flexibility index (Phi) is 6.66. The Bertz CT molecular complexity index is 1180. The van der Waals surface area contributed by atoms with E-state index in [2.05, 4.69) is 15.2 Å². The van der Waals surface area contributed by atoms with E-state index in [1.54, 1.807) is 17.0 Å². The Balaban J connectivity index is 1.49. The van der Waals surface area contributed by atoms with Crippen LogP contribution in [0.4, 0.5) is 36.4 Å². The lowest BCUT2D eigenvalue weighted by molar-refractivity contribution is -0.137. The minimum absolute atomic E-state index is 0.0543. The molecule has 1 N–H and O–H groups in total. The zero-order valence-electron chi connectivity index (χ0n) is 18.9. The highest BCUT2D eigenvalue weighted by Gasteiger charge is 2.36. The van der Waals surface area contributed by atoms with E-state index >= 15 is 0 Å². The number of nitrogens with one attached hydrogen (secondary N) is 1. The molecule has 2 aromatic heterocycles. The molecule has 1 saturated heterocycles. The largest absolute Gasteiger partial charge is 0.419 e. The summed E-state index contributed by atoms with van der Waals surface area (Å²) in [5, 5.41) is 4.00. The molecule has 0 radical (unpaired) electrons. The number of halogens is 4. The first kappa shape index (κ1) is 23.6. The first-order valence-corrected chi connectivity index (χ1v) is 11.8. The molecule has 35 heavy (non-hydrogen) atoms. The van der Waals surface area contributed by atoms with Crippen molar-refractivity contribution in [2.24, 2.45) is 0 Å². The van der Waals surface area contributed by atoms with E-state index in [9.17, 15) is 13.2 Å². The summed E-state index contributed by atoms with van der Waals surface area (Å²) in [5.74, 6) is 1.19. The number of hydrogen-bond donors (Lipinski definition) is 1. The molecule has 1 aromatic carbocycles. The molecule has 0 amide bonds. The number of morpholine rings is 1. The molecule has 0 unspecified atom stereocenters. The van der Waals surface area contributed by atoms with Crippen LogP contribution >= 0.6 is 11.6 Å². The average molecular weight is 505 g/mol. The van der Waals surface area contributed by atoms with Gasteiger partial charge in [0.05, 0.1) is 24.5 Å². The molecular weight excluding hydrogens is 481 g/mol. The molecule has 1 fully saturated rings. The van der Waals surface area contributed by atoms with Crippen LogP contribution in [-0.2, 0) is 23.8 Å². The van der Waals surface area contributed by atoms with Crippen molar-refractivity contribution in [1.82, 2.24) is 15.0 Å². The Labute approximate surface area is 205 Å². The minimum atomic E-state index is -4.48. The third-order valence-corrected chi connectivity index (χ3v) is 6.38. The molecule has 0 atom stereocenters. The fourth-order valence-corrected chi connectivity index (χ4v) is 4.47. The summed E-state index contributed by atoms with van der Waals surface area (Å²) in [6, 6.07) is 9.68. The van der Waals surface area contributed by atoms with Crippen LogP contribution in [0.1, 0.15) is 16.8 Å². The highest BCUT2D eigenvalue weighted by Crippen LogP contribution is 2.36. The van der Waals surface area contributed by atoms with E-state index in [1.807, 2.05) is 12.1 Å². The monoisotopic (exact) mass is 504 g/mol. The predicted molar refractivity (Wildman–Crippen MR) is 129 cm³/mol. The quantitative estimate of drug-likeness (QED) is 0.551. The van der Waals surface area contributed by atoms with E-state index in [1.165, 1.54) is 12.3 Å². The molecular formula is C24H24ClF3N6O. The van der Waals surface area contributed by atoms with Crippen LogP contribution in [0.3, 0.4) is 0 Å². The van der Waals surface area contributed by atoms with Crippen molar-refractivity contribution < 1.29 is 17.9 Å². The SMILES string of the molecule is FC(F)(F)c1cccnc1N1CCc2nc(N3CCOCC3)nc(Nc3ccc(Cl)cc3)c2CC1. The second kappa shape index (κ2) is 9.87. The van der Waals surface area contributed by atoms with Gasteiger partial charge < -0.3 is 19.9 Å². The van der Waals surface area contributed by atoms with Crippen molar-refractivity contribution in [1.29, 1.82) is 0 Å². The van der Waals surface area contributed by atoms with Crippen molar-refractivity contribution in [3.8, 4) is 0 Å². The second-order valence-corrected chi connectivity index (χ2v) is 8.82. The van der Waals surface area contributed by atoms with Gasteiger partial charge >= 0.3 is 6.18 Å². The van der Waals surface area contributed by atoms with E-state index in [0.29, 0.717) is 69.0 Å². The Morgan fingerprint density at radius 1 is 0.914 bits per heavy atom. The molecule has 2 aliphatic heterocycles. The van der Waals surface area contributed by atoms with Gasteiger partial charge in [-0.2, -0.15) is 18.2 Å². The minimum Gasteiger partial charge on any atom is -0.378 e. The zero-order chi connectivity index (χ0) is 24.4. The topological polar surface area (TPSA) is 66.4 Å². The number of alkyl halides is 3. The fraction of sp³-hybridized carbons (Fsp3) is 0.375. The van der Waals surface area contributed by atoms with Crippen molar-refractivity contribution >= 4 is 34.9 Å². The average Bonchev–Trinajstić information content (AvgIpc) is 3.08. The lowest BCUT2D eigenvalue weighted by Gasteiger charge is -2.28. The smallest absolute Gasteiger partial charge is 0.378 e. The van der Waals surface area contributed by atoms with Crippen molar-refractivity contribution in [2.75, 3.05) is 54.5 Å². The van der Waals surface area contributed by atoms with Crippen LogP contribution in [0.5, 0.6) is 0 Å². The molecule has 11 heteroatoms. The lowest BCUT2D eigenvalue weighted by Crippen LogP contribution is -2.37. The fourth-order valence-electron chi connectivity index (χ4n) is 4.35. The molecule has 0 bridgehead atoms. The summed E-state index contributed by atoms with van der Waals surface area (Å²) >= 11 is 6.03. The van der Waals surface area contributed by atoms with Crippen LogP contribution < -0.4 is 15.1 Å². The van der Waals surface area contributed by atoms with Crippen LogP contribution in [-0.4, -0.2) is 54.3 Å².